The van der Waals surface area contributed by atoms with Gasteiger partial charge in [0.25, 0.3) is 5.91 Å². The molecule has 0 saturated heterocycles. The van der Waals surface area contributed by atoms with E-state index in [-0.39, 0.29) is 12.1 Å². The molecule has 4 nitrogen and oxygen atoms in total. The molecule has 1 heterocycles. The van der Waals surface area contributed by atoms with E-state index in [0.717, 1.165) is 23.0 Å². The smallest absolute Gasteiger partial charge is 0.251 e. The lowest BCUT2D eigenvalue weighted by atomic mass is 10.1. The summed E-state index contributed by atoms with van der Waals surface area (Å²) in [6.45, 7) is -0.0316. The minimum atomic E-state index is -1.09. The van der Waals surface area contributed by atoms with Gasteiger partial charge in [-0.25, -0.2) is 8.78 Å². The predicted octanol–water partition coefficient (Wildman–Crippen LogP) is 2.92. The summed E-state index contributed by atoms with van der Waals surface area (Å²) in [5, 5.41) is 13.7. The molecule has 3 rings (SSSR count). The number of nitrogens with one attached hydrogen (secondary N) is 1. The Labute approximate surface area is 137 Å². The molecule has 0 spiro atoms. The van der Waals surface area contributed by atoms with Crippen LogP contribution in [0.4, 0.5) is 8.78 Å². The van der Waals surface area contributed by atoms with Gasteiger partial charge in [-0.1, -0.05) is 6.07 Å². The van der Waals surface area contributed by atoms with Gasteiger partial charge >= 0.3 is 0 Å². The second kappa shape index (κ2) is 6.41. The molecular weight excluding hydrogens is 314 g/mol. The van der Waals surface area contributed by atoms with E-state index in [1.807, 2.05) is 36.0 Å². The third-order valence-electron chi connectivity index (χ3n) is 3.93. The zero-order valence-electron chi connectivity index (χ0n) is 13.0. The number of aromatic nitrogens is 1. The zero-order chi connectivity index (χ0) is 17.3. The normalized spacial score (nSPS) is 12.3. The highest BCUT2D eigenvalue weighted by Crippen LogP contribution is 2.21. The summed E-state index contributed by atoms with van der Waals surface area (Å²) < 4.78 is 28.0. The SMILES string of the molecule is Cn1ccc2cc([C@H](O)CNC(=O)c3ccc(F)c(F)c3)ccc21. The van der Waals surface area contributed by atoms with Crippen molar-refractivity contribution in [3.8, 4) is 0 Å². The van der Waals surface area contributed by atoms with E-state index in [4.69, 9.17) is 0 Å². The van der Waals surface area contributed by atoms with Crippen LogP contribution in [0, 0.1) is 11.6 Å². The molecule has 0 unspecified atom stereocenters. The van der Waals surface area contributed by atoms with Crippen molar-refractivity contribution in [3.05, 3.63) is 71.4 Å². The van der Waals surface area contributed by atoms with Gasteiger partial charge in [0.2, 0.25) is 0 Å². The number of halogens is 2. The largest absolute Gasteiger partial charge is 0.387 e. The van der Waals surface area contributed by atoms with Crippen LogP contribution in [0.2, 0.25) is 0 Å². The first kappa shape index (κ1) is 16.1. The fraction of sp³-hybridized carbons (Fsp3) is 0.167. The number of benzene rings is 2. The molecule has 1 atom stereocenters. The van der Waals surface area contributed by atoms with Crippen molar-refractivity contribution in [2.24, 2.45) is 7.05 Å². The number of carbonyl (C=O) groups excluding carboxylic acids is 1. The van der Waals surface area contributed by atoms with E-state index in [1.54, 1.807) is 6.07 Å². The Kier molecular flexibility index (Phi) is 4.31. The van der Waals surface area contributed by atoms with Crippen molar-refractivity contribution in [2.75, 3.05) is 6.54 Å². The van der Waals surface area contributed by atoms with Gasteiger partial charge in [0, 0.05) is 30.9 Å². The molecule has 6 heteroatoms. The summed E-state index contributed by atoms with van der Waals surface area (Å²) in [6.07, 6.45) is 1.02. The van der Waals surface area contributed by atoms with Gasteiger partial charge in [-0.15, -0.1) is 0 Å². The maximum Gasteiger partial charge on any atom is 0.251 e. The van der Waals surface area contributed by atoms with Crippen LogP contribution >= 0.6 is 0 Å². The second-order valence-corrected chi connectivity index (χ2v) is 5.60. The molecule has 0 aliphatic heterocycles. The number of hydrogen-bond acceptors (Lipinski definition) is 2. The van der Waals surface area contributed by atoms with Crippen LogP contribution in [0.5, 0.6) is 0 Å². The zero-order valence-corrected chi connectivity index (χ0v) is 13.0. The predicted molar refractivity (Wildman–Crippen MR) is 86.6 cm³/mol. The number of rotatable bonds is 4. The van der Waals surface area contributed by atoms with E-state index in [9.17, 15) is 18.7 Å². The Bertz CT molecular complexity index is 905. The van der Waals surface area contributed by atoms with Gasteiger partial charge in [-0.2, -0.15) is 0 Å². The lowest BCUT2D eigenvalue weighted by molar-refractivity contribution is 0.0916. The standard InChI is InChI=1S/C18H16F2N2O2/c1-22-7-6-11-8-12(3-5-16(11)22)17(23)10-21-18(24)13-2-4-14(19)15(20)9-13/h2-9,17,23H,10H2,1H3,(H,21,24)/t17-/m1/s1. The summed E-state index contributed by atoms with van der Waals surface area (Å²) in [4.78, 5) is 11.9. The molecule has 2 aromatic carbocycles. The summed E-state index contributed by atoms with van der Waals surface area (Å²) in [6, 6.07) is 10.4. The highest BCUT2D eigenvalue weighted by Gasteiger charge is 2.13. The molecule has 1 aromatic heterocycles. The minimum Gasteiger partial charge on any atom is -0.387 e. The number of aliphatic hydroxyl groups excluding tert-OH is 1. The van der Waals surface area contributed by atoms with Crippen molar-refractivity contribution in [1.29, 1.82) is 0 Å². The second-order valence-electron chi connectivity index (χ2n) is 5.60. The summed E-state index contributed by atoms with van der Waals surface area (Å²) in [5.74, 6) is -2.67. The lowest BCUT2D eigenvalue weighted by Crippen LogP contribution is -2.28. The number of aryl methyl sites for hydroxylation is 1. The van der Waals surface area contributed by atoms with Crippen LogP contribution in [0.15, 0.2) is 48.7 Å². The number of aliphatic hydroxyl groups is 1. The highest BCUT2D eigenvalue weighted by atomic mass is 19.2. The molecule has 0 aliphatic carbocycles. The Morgan fingerprint density at radius 2 is 1.96 bits per heavy atom. The van der Waals surface area contributed by atoms with Crippen molar-refractivity contribution in [2.45, 2.75) is 6.10 Å². The van der Waals surface area contributed by atoms with Gasteiger partial charge in [0.1, 0.15) is 0 Å². The molecule has 3 aromatic rings. The van der Waals surface area contributed by atoms with E-state index >= 15 is 0 Å². The van der Waals surface area contributed by atoms with Crippen molar-refractivity contribution in [3.63, 3.8) is 0 Å². The molecule has 1 amide bonds. The fourth-order valence-corrected chi connectivity index (χ4v) is 2.55. The topological polar surface area (TPSA) is 54.3 Å². The third kappa shape index (κ3) is 3.14. The first-order valence-corrected chi connectivity index (χ1v) is 7.42. The van der Waals surface area contributed by atoms with Crippen molar-refractivity contribution >= 4 is 16.8 Å². The molecule has 0 saturated carbocycles. The molecule has 24 heavy (non-hydrogen) atoms. The molecule has 0 aliphatic rings. The third-order valence-corrected chi connectivity index (χ3v) is 3.93. The van der Waals surface area contributed by atoms with Gasteiger partial charge in [0.05, 0.1) is 6.10 Å². The van der Waals surface area contributed by atoms with Gasteiger partial charge in [0.15, 0.2) is 11.6 Å². The monoisotopic (exact) mass is 330 g/mol. The fourth-order valence-electron chi connectivity index (χ4n) is 2.55. The van der Waals surface area contributed by atoms with Gasteiger partial charge < -0.3 is 15.0 Å². The van der Waals surface area contributed by atoms with Crippen molar-refractivity contribution in [1.82, 2.24) is 9.88 Å². The van der Waals surface area contributed by atoms with E-state index < -0.39 is 23.6 Å². The van der Waals surface area contributed by atoms with Crippen LogP contribution in [-0.2, 0) is 7.05 Å². The first-order chi connectivity index (χ1) is 11.5. The molecule has 0 radical (unpaired) electrons. The summed E-state index contributed by atoms with van der Waals surface area (Å²) >= 11 is 0. The van der Waals surface area contributed by atoms with Gasteiger partial charge in [-0.3, -0.25) is 4.79 Å². The number of hydrogen-bond donors (Lipinski definition) is 2. The van der Waals surface area contributed by atoms with Gasteiger partial charge in [-0.05, 0) is 47.3 Å². The first-order valence-electron chi connectivity index (χ1n) is 7.42. The van der Waals surface area contributed by atoms with E-state index in [1.165, 1.54) is 6.07 Å². The highest BCUT2D eigenvalue weighted by molar-refractivity contribution is 5.94. The number of amides is 1. The summed E-state index contributed by atoms with van der Waals surface area (Å²) in [7, 11) is 1.93. The Hall–Kier alpha value is -2.73. The molecule has 0 bridgehead atoms. The van der Waals surface area contributed by atoms with Crippen molar-refractivity contribution < 1.29 is 18.7 Å². The minimum absolute atomic E-state index is 0.000360. The van der Waals surface area contributed by atoms with Crippen LogP contribution in [-0.4, -0.2) is 22.1 Å². The average molecular weight is 330 g/mol. The molecule has 0 fully saturated rings. The number of nitrogens with zero attached hydrogens (tertiary/aromatic N) is 1. The quantitative estimate of drug-likeness (QED) is 0.773. The van der Waals surface area contributed by atoms with E-state index in [2.05, 4.69) is 5.32 Å². The molecule has 124 valence electrons. The summed E-state index contributed by atoms with van der Waals surface area (Å²) in [5.41, 5.74) is 1.70. The average Bonchev–Trinajstić information content (AvgIpc) is 2.95. The van der Waals surface area contributed by atoms with Crippen LogP contribution in [0.3, 0.4) is 0 Å². The number of fused-ring (bicyclic) bond motifs is 1. The molecular formula is C18H16F2N2O2. The van der Waals surface area contributed by atoms with Crippen LogP contribution in [0.25, 0.3) is 10.9 Å². The van der Waals surface area contributed by atoms with Crippen LogP contribution < -0.4 is 5.32 Å². The lowest BCUT2D eigenvalue weighted by Gasteiger charge is -2.13. The van der Waals surface area contributed by atoms with Crippen LogP contribution in [0.1, 0.15) is 22.0 Å². The Morgan fingerprint density at radius 3 is 2.71 bits per heavy atom. The van der Waals surface area contributed by atoms with E-state index in [0.29, 0.717) is 5.56 Å². The molecule has 2 N–H and O–H groups in total. The maximum absolute atomic E-state index is 13.1. The number of carbonyl (C=O) groups is 1. The Balaban J connectivity index is 1.68. The Morgan fingerprint density at radius 1 is 1.17 bits per heavy atom. The maximum atomic E-state index is 13.1.